The molecule has 0 unspecified atom stereocenters. The summed E-state index contributed by atoms with van der Waals surface area (Å²) >= 11 is 0. The first-order chi connectivity index (χ1) is 10.5. The van der Waals surface area contributed by atoms with Crippen molar-refractivity contribution in [3.05, 3.63) is 22.4 Å². The molecule has 0 aromatic carbocycles. The fourth-order valence-corrected chi connectivity index (χ4v) is 2.31. The Balaban J connectivity index is 1.91. The molecule has 1 fully saturated rings. The summed E-state index contributed by atoms with van der Waals surface area (Å²) in [4.78, 5) is 27.4. The Labute approximate surface area is 127 Å². The molecule has 22 heavy (non-hydrogen) atoms. The number of nitrogen functional groups attached to an aromatic ring is 1. The highest BCUT2D eigenvalue weighted by Crippen LogP contribution is 2.23. The lowest BCUT2D eigenvalue weighted by Crippen LogP contribution is -2.42. The first-order valence-corrected chi connectivity index (χ1v) is 7.09. The zero-order valence-corrected chi connectivity index (χ0v) is 12.3. The number of carbonyl (C=O) groups excluding carboxylic acids is 1. The molecule has 9 nitrogen and oxygen atoms in total. The third-order valence-corrected chi connectivity index (χ3v) is 3.48. The molecule has 0 saturated carbocycles. The number of likely N-dealkylation sites (tertiary alicyclic amines) is 1. The average molecular weight is 309 g/mol. The second kappa shape index (κ2) is 6.92. The highest BCUT2D eigenvalue weighted by atomic mass is 16.6. The molecule has 120 valence electrons. The molecule has 0 bridgehead atoms. The third-order valence-electron chi connectivity index (χ3n) is 3.48. The number of anilines is 2. The minimum Gasteiger partial charge on any atom is -0.450 e. The molecule has 0 spiro atoms. The lowest BCUT2D eigenvalue weighted by molar-refractivity contribution is -0.385. The SMILES string of the molecule is CCOC(=O)N1CCC(Nc2ncc([N+](=O)[O-])cc2N)CC1. The van der Waals surface area contributed by atoms with E-state index in [1.165, 1.54) is 12.3 Å². The Morgan fingerprint density at radius 2 is 2.27 bits per heavy atom. The number of ether oxygens (including phenoxy) is 1. The number of aromatic nitrogens is 1. The number of amides is 1. The van der Waals surface area contributed by atoms with E-state index in [1.807, 2.05) is 0 Å². The van der Waals surface area contributed by atoms with Gasteiger partial charge in [-0.3, -0.25) is 10.1 Å². The molecule has 2 heterocycles. The van der Waals surface area contributed by atoms with E-state index in [0.29, 0.717) is 25.5 Å². The molecule has 1 amide bonds. The summed E-state index contributed by atoms with van der Waals surface area (Å²) in [7, 11) is 0. The van der Waals surface area contributed by atoms with Gasteiger partial charge in [0.1, 0.15) is 12.0 Å². The van der Waals surface area contributed by atoms with Gasteiger partial charge in [-0.25, -0.2) is 9.78 Å². The van der Waals surface area contributed by atoms with E-state index in [4.69, 9.17) is 10.5 Å². The molecule has 2 rings (SSSR count). The van der Waals surface area contributed by atoms with Crippen LogP contribution in [0.3, 0.4) is 0 Å². The van der Waals surface area contributed by atoms with E-state index in [9.17, 15) is 14.9 Å². The first kappa shape index (κ1) is 15.8. The second-order valence-electron chi connectivity index (χ2n) is 4.99. The summed E-state index contributed by atoms with van der Waals surface area (Å²) in [5.74, 6) is 0.431. The van der Waals surface area contributed by atoms with Crippen LogP contribution in [-0.2, 0) is 4.74 Å². The summed E-state index contributed by atoms with van der Waals surface area (Å²) in [5, 5.41) is 13.8. The number of nitrogens with two attached hydrogens (primary N) is 1. The van der Waals surface area contributed by atoms with Crippen molar-refractivity contribution >= 4 is 23.3 Å². The van der Waals surface area contributed by atoms with E-state index in [1.54, 1.807) is 11.8 Å². The number of pyridine rings is 1. The average Bonchev–Trinajstić information content (AvgIpc) is 2.50. The topological polar surface area (TPSA) is 124 Å². The number of carbonyl (C=O) groups is 1. The number of hydrogen-bond donors (Lipinski definition) is 2. The van der Waals surface area contributed by atoms with Crippen LogP contribution in [0.5, 0.6) is 0 Å². The standard InChI is InChI=1S/C13H19N5O4/c1-2-22-13(19)17-5-3-9(4-6-17)16-12-11(14)7-10(8-15-12)18(20)21/h7-9H,2-6,14H2,1H3,(H,15,16). The maximum Gasteiger partial charge on any atom is 0.409 e. The van der Waals surface area contributed by atoms with Crippen molar-refractivity contribution < 1.29 is 14.5 Å². The number of hydrogen-bond acceptors (Lipinski definition) is 7. The maximum atomic E-state index is 11.6. The predicted octanol–water partition coefficient (Wildman–Crippen LogP) is 1.60. The largest absolute Gasteiger partial charge is 0.450 e. The van der Waals surface area contributed by atoms with E-state index in [0.717, 1.165) is 12.8 Å². The van der Waals surface area contributed by atoms with Gasteiger partial charge in [0.2, 0.25) is 0 Å². The van der Waals surface area contributed by atoms with Crippen LogP contribution in [0.25, 0.3) is 0 Å². The minimum absolute atomic E-state index is 0.113. The molecule has 1 saturated heterocycles. The molecular formula is C13H19N5O4. The van der Waals surface area contributed by atoms with Gasteiger partial charge in [0, 0.05) is 25.2 Å². The Hall–Kier alpha value is -2.58. The Bertz CT molecular complexity index is 557. The van der Waals surface area contributed by atoms with Crippen molar-refractivity contribution in [3.63, 3.8) is 0 Å². The zero-order valence-electron chi connectivity index (χ0n) is 12.3. The number of nitrogens with zero attached hydrogens (tertiary/aromatic N) is 3. The van der Waals surface area contributed by atoms with Crippen LogP contribution >= 0.6 is 0 Å². The van der Waals surface area contributed by atoms with E-state index in [2.05, 4.69) is 10.3 Å². The van der Waals surface area contributed by atoms with Crippen LogP contribution in [-0.4, -0.2) is 46.6 Å². The highest BCUT2D eigenvalue weighted by molar-refractivity contribution is 5.68. The smallest absolute Gasteiger partial charge is 0.409 e. The fraction of sp³-hybridized carbons (Fsp3) is 0.538. The summed E-state index contributed by atoms with van der Waals surface area (Å²) in [6.45, 7) is 3.31. The summed E-state index contributed by atoms with van der Waals surface area (Å²) in [6, 6.07) is 1.39. The van der Waals surface area contributed by atoms with Gasteiger partial charge >= 0.3 is 6.09 Å². The van der Waals surface area contributed by atoms with Crippen molar-refractivity contribution in [2.45, 2.75) is 25.8 Å². The van der Waals surface area contributed by atoms with Gasteiger partial charge in [-0.15, -0.1) is 0 Å². The molecule has 3 N–H and O–H groups in total. The van der Waals surface area contributed by atoms with Crippen molar-refractivity contribution in [2.24, 2.45) is 0 Å². The second-order valence-corrected chi connectivity index (χ2v) is 4.99. The van der Waals surface area contributed by atoms with Gasteiger partial charge in [-0.05, 0) is 19.8 Å². The van der Waals surface area contributed by atoms with Crippen LogP contribution in [0.4, 0.5) is 22.0 Å². The number of piperidine rings is 1. The van der Waals surface area contributed by atoms with Gasteiger partial charge in [-0.2, -0.15) is 0 Å². The highest BCUT2D eigenvalue weighted by Gasteiger charge is 2.24. The maximum absolute atomic E-state index is 11.6. The van der Waals surface area contributed by atoms with Crippen molar-refractivity contribution in [2.75, 3.05) is 30.7 Å². The van der Waals surface area contributed by atoms with Gasteiger partial charge in [0.05, 0.1) is 17.2 Å². The van der Waals surface area contributed by atoms with Crippen LogP contribution in [0.15, 0.2) is 12.3 Å². The summed E-state index contributed by atoms with van der Waals surface area (Å²) < 4.78 is 4.96. The molecule has 0 aliphatic carbocycles. The lowest BCUT2D eigenvalue weighted by Gasteiger charge is -2.32. The van der Waals surface area contributed by atoms with Crippen LogP contribution in [0.1, 0.15) is 19.8 Å². The molecule has 1 aromatic heterocycles. The fourth-order valence-electron chi connectivity index (χ4n) is 2.31. The van der Waals surface area contributed by atoms with Crippen LogP contribution in [0.2, 0.25) is 0 Å². The normalized spacial score (nSPS) is 15.4. The van der Waals surface area contributed by atoms with E-state index in [-0.39, 0.29) is 23.5 Å². The molecule has 1 aliphatic heterocycles. The Morgan fingerprint density at radius 1 is 1.59 bits per heavy atom. The molecule has 1 aromatic rings. The zero-order chi connectivity index (χ0) is 16.1. The van der Waals surface area contributed by atoms with Crippen molar-refractivity contribution in [1.82, 2.24) is 9.88 Å². The van der Waals surface area contributed by atoms with Crippen LogP contribution < -0.4 is 11.1 Å². The number of rotatable bonds is 4. The first-order valence-electron chi connectivity index (χ1n) is 7.09. The van der Waals surface area contributed by atoms with Gasteiger partial charge in [0.15, 0.2) is 0 Å². The Kier molecular flexibility index (Phi) is 4.97. The molecule has 0 radical (unpaired) electrons. The van der Waals surface area contributed by atoms with Gasteiger partial charge < -0.3 is 20.7 Å². The van der Waals surface area contributed by atoms with Crippen LogP contribution in [0, 0.1) is 10.1 Å². The molecule has 9 heteroatoms. The van der Waals surface area contributed by atoms with E-state index >= 15 is 0 Å². The minimum atomic E-state index is -0.537. The Morgan fingerprint density at radius 3 is 2.82 bits per heavy atom. The summed E-state index contributed by atoms with van der Waals surface area (Å²) in [5.41, 5.74) is 5.88. The van der Waals surface area contributed by atoms with Gasteiger partial charge in [0.25, 0.3) is 5.69 Å². The van der Waals surface area contributed by atoms with Crippen molar-refractivity contribution in [1.29, 1.82) is 0 Å². The summed E-state index contributed by atoms with van der Waals surface area (Å²) in [6.07, 6.45) is 2.34. The quantitative estimate of drug-likeness (QED) is 0.639. The number of nitro groups is 1. The lowest BCUT2D eigenvalue weighted by atomic mass is 10.1. The number of nitrogens with one attached hydrogen (secondary N) is 1. The molecular weight excluding hydrogens is 290 g/mol. The molecule has 1 aliphatic rings. The van der Waals surface area contributed by atoms with Crippen molar-refractivity contribution in [3.8, 4) is 0 Å². The monoisotopic (exact) mass is 309 g/mol. The predicted molar refractivity (Wildman–Crippen MR) is 80.5 cm³/mol. The van der Waals surface area contributed by atoms with Gasteiger partial charge in [-0.1, -0.05) is 0 Å². The third kappa shape index (κ3) is 3.74. The molecule has 0 atom stereocenters. The van der Waals surface area contributed by atoms with E-state index < -0.39 is 4.92 Å².